The Hall–Kier alpha value is -2.64. The van der Waals surface area contributed by atoms with E-state index in [4.69, 9.17) is 4.74 Å². The standard InChI is InChI=1S/C17H20FN3O4/c1-10-7-20(9-16(10)23)15-4-3-12(5-14(15)18)21-8-13(25-17(21)24)6-19-11(2)22/h3-5,10,13H,6-9H2,1-2H3,(H,19,22). The van der Waals surface area contributed by atoms with Gasteiger partial charge in [-0.2, -0.15) is 0 Å². The van der Waals surface area contributed by atoms with Crippen molar-refractivity contribution in [2.75, 3.05) is 36.0 Å². The summed E-state index contributed by atoms with van der Waals surface area (Å²) in [6.07, 6.45) is -1.05. The molecule has 2 atom stereocenters. The van der Waals surface area contributed by atoms with Crippen molar-refractivity contribution in [3.05, 3.63) is 24.0 Å². The Kier molecular flexibility index (Phi) is 4.61. The summed E-state index contributed by atoms with van der Waals surface area (Å²) >= 11 is 0. The molecule has 0 aliphatic carbocycles. The highest BCUT2D eigenvalue weighted by atomic mass is 19.1. The van der Waals surface area contributed by atoms with Gasteiger partial charge in [0.1, 0.15) is 11.9 Å². The number of hydrogen-bond acceptors (Lipinski definition) is 5. The van der Waals surface area contributed by atoms with Crippen molar-refractivity contribution in [3.8, 4) is 0 Å². The van der Waals surface area contributed by atoms with Crippen molar-refractivity contribution >= 4 is 29.2 Å². The van der Waals surface area contributed by atoms with Crippen molar-refractivity contribution < 1.29 is 23.5 Å². The second kappa shape index (κ2) is 6.70. The van der Waals surface area contributed by atoms with Crippen LogP contribution in [0.2, 0.25) is 0 Å². The Morgan fingerprint density at radius 2 is 2.12 bits per heavy atom. The number of hydrogen-bond donors (Lipinski definition) is 1. The molecule has 1 aromatic carbocycles. The highest BCUT2D eigenvalue weighted by Gasteiger charge is 2.33. The van der Waals surface area contributed by atoms with Crippen LogP contribution in [0.5, 0.6) is 0 Å². The number of Topliss-reactive ketones (excluding diaryl/α,β-unsaturated/α-hetero) is 1. The predicted molar refractivity (Wildman–Crippen MR) is 89.1 cm³/mol. The largest absolute Gasteiger partial charge is 0.442 e. The monoisotopic (exact) mass is 349 g/mol. The van der Waals surface area contributed by atoms with Gasteiger partial charge in [0.25, 0.3) is 0 Å². The van der Waals surface area contributed by atoms with Gasteiger partial charge < -0.3 is 15.0 Å². The number of ketones is 1. The summed E-state index contributed by atoms with van der Waals surface area (Å²) < 4.78 is 19.7. The number of benzene rings is 1. The fourth-order valence-electron chi connectivity index (χ4n) is 3.04. The summed E-state index contributed by atoms with van der Waals surface area (Å²) in [5, 5.41) is 2.59. The number of nitrogens with one attached hydrogen (secondary N) is 1. The molecule has 1 aromatic rings. The molecule has 0 aromatic heterocycles. The maximum absolute atomic E-state index is 14.5. The smallest absolute Gasteiger partial charge is 0.414 e. The van der Waals surface area contributed by atoms with E-state index < -0.39 is 18.0 Å². The van der Waals surface area contributed by atoms with Gasteiger partial charge in [0.2, 0.25) is 5.91 Å². The first-order chi connectivity index (χ1) is 11.8. The Morgan fingerprint density at radius 3 is 2.72 bits per heavy atom. The van der Waals surface area contributed by atoms with Crippen LogP contribution >= 0.6 is 0 Å². The summed E-state index contributed by atoms with van der Waals surface area (Å²) in [5.74, 6) is -0.716. The average Bonchev–Trinajstić information content (AvgIpc) is 3.08. The number of halogens is 1. The van der Waals surface area contributed by atoms with Gasteiger partial charge in [-0.05, 0) is 18.2 Å². The normalized spacial score (nSPS) is 23.2. The maximum Gasteiger partial charge on any atom is 0.414 e. The van der Waals surface area contributed by atoms with Crippen LogP contribution in [0, 0.1) is 11.7 Å². The van der Waals surface area contributed by atoms with E-state index in [0.717, 1.165) is 0 Å². The number of carbonyl (C=O) groups excluding carboxylic acids is 3. The summed E-state index contributed by atoms with van der Waals surface area (Å²) in [4.78, 5) is 37.6. The van der Waals surface area contributed by atoms with Crippen molar-refractivity contribution in [3.63, 3.8) is 0 Å². The number of cyclic esters (lactones) is 1. The topological polar surface area (TPSA) is 79.0 Å². The van der Waals surface area contributed by atoms with Crippen LogP contribution < -0.4 is 15.1 Å². The molecule has 2 amide bonds. The van der Waals surface area contributed by atoms with Crippen molar-refractivity contribution in [2.24, 2.45) is 5.92 Å². The molecule has 2 aliphatic heterocycles. The number of ether oxygens (including phenoxy) is 1. The molecule has 2 unspecified atom stereocenters. The fourth-order valence-corrected chi connectivity index (χ4v) is 3.04. The lowest BCUT2D eigenvalue weighted by Gasteiger charge is -2.20. The molecule has 1 N–H and O–H groups in total. The van der Waals surface area contributed by atoms with Crippen molar-refractivity contribution in [1.29, 1.82) is 0 Å². The van der Waals surface area contributed by atoms with E-state index in [2.05, 4.69) is 5.32 Å². The highest BCUT2D eigenvalue weighted by molar-refractivity contribution is 5.91. The molecule has 134 valence electrons. The van der Waals surface area contributed by atoms with E-state index in [1.807, 2.05) is 6.92 Å². The molecule has 2 saturated heterocycles. The summed E-state index contributed by atoms with van der Waals surface area (Å²) in [5.41, 5.74) is 0.735. The molecular weight excluding hydrogens is 329 g/mol. The van der Waals surface area contributed by atoms with Gasteiger partial charge in [0.15, 0.2) is 5.78 Å². The van der Waals surface area contributed by atoms with Crippen LogP contribution in [-0.2, 0) is 14.3 Å². The molecule has 2 aliphatic rings. The third-order valence-electron chi connectivity index (χ3n) is 4.43. The van der Waals surface area contributed by atoms with Crippen LogP contribution in [0.25, 0.3) is 0 Å². The number of anilines is 2. The zero-order chi connectivity index (χ0) is 18.1. The van der Waals surface area contributed by atoms with Crippen molar-refractivity contribution in [2.45, 2.75) is 20.0 Å². The molecule has 25 heavy (non-hydrogen) atoms. The molecule has 2 heterocycles. The molecule has 2 fully saturated rings. The van der Waals surface area contributed by atoms with Gasteiger partial charge in [-0.1, -0.05) is 6.92 Å². The molecule has 3 rings (SSSR count). The van der Waals surface area contributed by atoms with Gasteiger partial charge in [-0.25, -0.2) is 9.18 Å². The Balaban J connectivity index is 1.71. The first kappa shape index (κ1) is 17.2. The average molecular weight is 349 g/mol. The van der Waals surface area contributed by atoms with Gasteiger partial charge in [-0.15, -0.1) is 0 Å². The van der Waals surface area contributed by atoms with Crippen LogP contribution in [0.15, 0.2) is 18.2 Å². The van der Waals surface area contributed by atoms with Crippen LogP contribution in [-0.4, -0.2) is 50.1 Å². The summed E-state index contributed by atoms with van der Waals surface area (Å²) in [6, 6.07) is 4.48. The van der Waals surface area contributed by atoms with E-state index in [1.165, 1.54) is 17.9 Å². The van der Waals surface area contributed by atoms with E-state index in [1.54, 1.807) is 17.0 Å². The number of amides is 2. The molecule has 0 bridgehead atoms. The van der Waals surface area contributed by atoms with Gasteiger partial charge in [0, 0.05) is 19.4 Å². The Bertz CT molecular complexity index is 724. The third kappa shape index (κ3) is 3.57. The van der Waals surface area contributed by atoms with Gasteiger partial charge >= 0.3 is 6.09 Å². The maximum atomic E-state index is 14.5. The number of carbonyl (C=O) groups is 3. The van der Waals surface area contributed by atoms with Gasteiger partial charge in [0.05, 0.1) is 31.0 Å². The van der Waals surface area contributed by atoms with Crippen LogP contribution in [0.4, 0.5) is 20.6 Å². The molecule has 8 heteroatoms. The lowest BCUT2D eigenvalue weighted by Crippen LogP contribution is -2.33. The summed E-state index contributed by atoms with van der Waals surface area (Å²) in [7, 11) is 0. The molecule has 0 saturated carbocycles. The second-order valence-electron chi connectivity index (χ2n) is 6.44. The van der Waals surface area contributed by atoms with Crippen LogP contribution in [0.3, 0.4) is 0 Å². The zero-order valence-corrected chi connectivity index (χ0v) is 14.1. The molecular formula is C17H20FN3O4. The first-order valence-corrected chi connectivity index (χ1v) is 8.15. The number of nitrogens with zero attached hydrogens (tertiary/aromatic N) is 2. The van der Waals surface area contributed by atoms with Gasteiger partial charge in [-0.3, -0.25) is 14.5 Å². The molecule has 0 spiro atoms. The van der Waals surface area contributed by atoms with Crippen molar-refractivity contribution in [1.82, 2.24) is 5.32 Å². The minimum Gasteiger partial charge on any atom is -0.442 e. The second-order valence-corrected chi connectivity index (χ2v) is 6.44. The Morgan fingerprint density at radius 1 is 1.36 bits per heavy atom. The molecule has 7 nitrogen and oxygen atoms in total. The Labute approximate surface area is 144 Å². The summed E-state index contributed by atoms with van der Waals surface area (Å²) in [6.45, 7) is 4.33. The van der Waals surface area contributed by atoms with E-state index in [-0.39, 0.29) is 37.2 Å². The third-order valence-corrected chi connectivity index (χ3v) is 4.43. The minimum atomic E-state index is -0.576. The van der Waals surface area contributed by atoms with E-state index in [9.17, 15) is 18.8 Å². The first-order valence-electron chi connectivity index (χ1n) is 8.15. The predicted octanol–water partition coefficient (Wildman–Crippen LogP) is 1.31. The van der Waals surface area contributed by atoms with E-state index >= 15 is 0 Å². The lowest BCUT2D eigenvalue weighted by molar-refractivity contribution is -0.119. The van der Waals surface area contributed by atoms with Crippen LogP contribution in [0.1, 0.15) is 13.8 Å². The SMILES string of the molecule is CC(=O)NCC1CN(c2ccc(N3CC(=O)C(C)C3)c(F)c2)C(=O)O1. The molecule has 0 radical (unpaired) electrons. The lowest BCUT2D eigenvalue weighted by atomic mass is 10.1. The zero-order valence-electron chi connectivity index (χ0n) is 14.1. The van der Waals surface area contributed by atoms with E-state index in [0.29, 0.717) is 17.9 Å². The quantitative estimate of drug-likeness (QED) is 0.887. The fraction of sp³-hybridized carbons (Fsp3) is 0.471. The minimum absolute atomic E-state index is 0.0902. The number of rotatable bonds is 4. The highest BCUT2D eigenvalue weighted by Crippen LogP contribution is 2.30.